The van der Waals surface area contributed by atoms with E-state index in [9.17, 15) is 14.4 Å². The molecule has 1 heterocycles. The van der Waals surface area contributed by atoms with Gasteiger partial charge in [0.05, 0.1) is 17.5 Å². The Morgan fingerprint density at radius 2 is 1.48 bits per heavy atom. The highest BCUT2D eigenvalue weighted by molar-refractivity contribution is 6.23. The molecule has 3 fully saturated rings. The highest BCUT2D eigenvalue weighted by Gasteiger charge is 2.67. The zero-order valence-corrected chi connectivity index (χ0v) is 17.8. The minimum absolute atomic E-state index is 0.110. The van der Waals surface area contributed by atoms with Crippen molar-refractivity contribution in [1.82, 2.24) is 0 Å². The fraction of sp³-hybridized carbons (Fsp3) is 0.250. The van der Waals surface area contributed by atoms with Crippen LogP contribution in [0.5, 0.6) is 0 Å². The van der Waals surface area contributed by atoms with Crippen LogP contribution in [0.15, 0.2) is 78.9 Å². The van der Waals surface area contributed by atoms with Crippen molar-refractivity contribution in [3.05, 3.63) is 84.4 Å². The standard InChI is InChI=1S/C28H22N2O3/c31-26(29-23-10-4-6-15-5-1-2-9-18(15)23)16-7-3-8-17(13-16)30-27(32)24-19-11-12-20(22-14-21(19)22)25(24)28(30)33/h1-13,19-22,24-25H,14H2,(H,29,31)/t19-,20-,21-,22+,24-,25+/m0/s1. The fourth-order valence-corrected chi connectivity index (χ4v) is 6.53. The molecule has 5 heteroatoms. The van der Waals surface area contributed by atoms with Crippen LogP contribution in [0.25, 0.3) is 10.8 Å². The van der Waals surface area contributed by atoms with E-state index in [1.165, 1.54) is 4.90 Å². The molecule has 1 saturated heterocycles. The van der Waals surface area contributed by atoms with Gasteiger partial charge in [-0.05, 0) is 59.7 Å². The molecule has 5 nitrogen and oxygen atoms in total. The lowest BCUT2D eigenvalue weighted by Gasteiger charge is -2.37. The maximum absolute atomic E-state index is 13.4. The van der Waals surface area contributed by atoms with Crippen LogP contribution in [0.1, 0.15) is 16.8 Å². The third-order valence-electron chi connectivity index (χ3n) is 8.07. The molecule has 8 rings (SSSR count). The highest BCUT2D eigenvalue weighted by Crippen LogP contribution is 2.65. The monoisotopic (exact) mass is 434 g/mol. The van der Waals surface area contributed by atoms with Gasteiger partial charge in [-0.2, -0.15) is 0 Å². The zero-order chi connectivity index (χ0) is 22.3. The lowest BCUT2D eigenvalue weighted by Crippen LogP contribution is -2.40. The summed E-state index contributed by atoms with van der Waals surface area (Å²) in [6.45, 7) is 0. The van der Waals surface area contributed by atoms with E-state index in [4.69, 9.17) is 0 Å². The number of rotatable bonds is 3. The van der Waals surface area contributed by atoms with Crippen LogP contribution >= 0.6 is 0 Å². The topological polar surface area (TPSA) is 66.5 Å². The van der Waals surface area contributed by atoms with E-state index in [-0.39, 0.29) is 41.4 Å². The van der Waals surface area contributed by atoms with Gasteiger partial charge in [-0.25, -0.2) is 4.90 Å². The maximum atomic E-state index is 13.4. The highest BCUT2D eigenvalue weighted by atomic mass is 16.2. The van der Waals surface area contributed by atoms with Crippen LogP contribution in [0.2, 0.25) is 0 Å². The second-order valence-corrected chi connectivity index (χ2v) is 9.70. The van der Waals surface area contributed by atoms with Crippen molar-refractivity contribution >= 4 is 39.9 Å². The number of carbonyl (C=O) groups excluding carboxylic acids is 3. The Bertz CT molecular complexity index is 1350. The molecule has 3 aromatic carbocycles. The van der Waals surface area contributed by atoms with Crippen LogP contribution in [-0.4, -0.2) is 17.7 Å². The van der Waals surface area contributed by atoms with Crippen molar-refractivity contribution in [3.63, 3.8) is 0 Å². The van der Waals surface area contributed by atoms with Gasteiger partial charge in [0.2, 0.25) is 11.8 Å². The molecule has 1 N–H and O–H groups in total. The number of hydrogen-bond acceptors (Lipinski definition) is 3. The molecule has 162 valence electrons. The van der Waals surface area contributed by atoms with Gasteiger partial charge in [0, 0.05) is 16.6 Å². The third kappa shape index (κ3) is 2.62. The van der Waals surface area contributed by atoms with Crippen LogP contribution in [0.4, 0.5) is 11.4 Å². The summed E-state index contributed by atoms with van der Waals surface area (Å²) in [7, 11) is 0. The fourth-order valence-electron chi connectivity index (χ4n) is 6.53. The molecule has 0 radical (unpaired) electrons. The Morgan fingerprint density at radius 3 is 2.24 bits per heavy atom. The van der Waals surface area contributed by atoms with E-state index in [1.807, 2.05) is 42.5 Å². The number of nitrogens with one attached hydrogen (secondary N) is 1. The molecule has 6 atom stereocenters. The van der Waals surface area contributed by atoms with Gasteiger partial charge in [0.15, 0.2) is 0 Å². The van der Waals surface area contributed by atoms with Crippen molar-refractivity contribution in [3.8, 4) is 0 Å². The molecular formula is C28H22N2O3. The Morgan fingerprint density at radius 1 is 0.818 bits per heavy atom. The number of anilines is 2. The summed E-state index contributed by atoms with van der Waals surface area (Å²) in [4.78, 5) is 41.2. The molecule has 3 amide bonds. The van der Waals surface area contributed by atoms with Gasteiger partial charge >= 0.3 is 0 Å². The summed E-state index contributed by atoms with van der Waals surface area (Å²) in [5.41, 5.74) is 1.63. The number of hydrogen-bond donors (Lipinski definition) is 1. The molecule has 0 unspecified atom stereocenters. The van der Waals surface area contributed by atoms with Gasteiger partial charge < -0.3 is 5.32 Å². The Balaban J connectivity index is 1.19. The largest absolute Gasteiger partial charge is 0.321 e. The third-order valence-corrected chi connectivity index (χ3v) is 8.07. The number of amides is 3. The van der Waals surface area contributed by atoms with E-state index < -0.39 is 0 Å². The average molecular weight is 434 g/mol. The molecule has 1 aliphatic heterocycles. The van der Waals surface area contributed by atoms with Gasteiger partial charge in [0.1, 0.15) is 0 Å². The predicted molar refractivity (Wildman–Crippen MR) is 126 cm³/mol. The maximum Gasteiger partial charge on any atom is 0.255 e. The van der Waals surface area contributed by atoms with E-state index in [0.717, 1.165) is 22.9 Å². The van der Waals surface area contributed by atoms with Gasteiger partial charge in [0.25, 0.3) is 5.91 Å². The molecule has 33 heavy (non-hydrogen) atoms. The van der Waals surface area contributed by atoms with Gasteiger partial charge in [-0.3, -0.25) is 14.4 Å². The molecule has 0 spiro atoms. The van der Waals surface area contributed by atoms with Crippen molar-refractivity contribution < 1.29 is 14.4 Å². The number of allylic oxidation sites excluding steroid dienone is 2. The summed E-state index contributed by atoms with van der Waals surface area (Å²) in [5.74, 6) is 0.518. The Hall–Kier alpha value is -3.73. The summed E-state index contributed by atoms with van der Waals surface area (Å²) in [6.07, 6.45) is 5.48. The quantitative estimate of drug-likeness (QED) is 0.482. The lowest BCUT2D eigenvalue weighted by molar-refractivity contribution is -0.124. The van der Waals surface area contributed by atoms with Crippen molar-refractivity contribution in [2.45, 2.75) is 6.42 Å². The SMILES string of the molecule is O=C(Nc1cccc2ccccc12)c1cccc(N2C(=O)[C@@H]3[C@H]4C=C[C@@H]([C@@H]5C[C@H]45)[C@@H]3C2=O)c1. The van der Waals surface area contributed by atoms with Crippen LogP contribution < -0.4 is 10.2 Å². The van der Waals surface area contributed by atoms with E-state index >= 15 is 0 Å². The summed E-state index contributed by atoms with van der Waals surface area (Å²) < 4.78 is 0. The first-order valence-electron chi connectivity index (χ1n) is 11.6. The van der Waals surface area contributed by atoms with Crippen molar-refractivity contribution in [1.29, 1.82) is 0 Å². The molecular weight excluding hydrogens is 412 g/mol. The minimum atomic E-state index is -0.271. The number of fused-ring (bicyclic) bond motifs is 1. The van der Waals surface area contributed by atoms with Gasteiger partial charge in [-0.1, -0.05) is 54.6 Å². The first-order valence-corrected chi connectivity index (χ1v) is 11.6. The van der Waals surface area contributed by atoms with Crippen LogP contribution in [0, 0.1) is 35.5 Å². The number of benzene rings is 3. The van der Waals surface area contributed by atoms with Gasteiger partial charge in [-0.15, -0.1) is 0 Å². The summed E-state index contributed by atoms with van der Waals surface area (Å²) in [5, 5.41) is 4.99. The first kappa shape index (κ1) is 18.8. The van der Waals surface area contributed by atoms with Crippen LogP contribution in [0.3, 0.4) is 0 Å². The lowest BCUT2D eigenvalue weighted by atomic mass is 9.63. The first-order chi connectivity index (χ1) is 16.1. The molecule has 0 aromatic heterocycles. The Kier molecular flexibility index (Phi) is 3.78. The summed E-state index contributed by atoms with van der Waals surface area (Å²) in [6, 6.07) is 20.5. The predicted octanol–water partition coefficient (Wildman–Crippen LogP) is 4.65. The van der Waals surface area contributed by atoms with E-state index in [1.54, 1.807) is 24.3 Å². The number of nitrogens with zero attached hydrogens (tertiary/aromatic N) is 1. The van der Waals surface area contributed by atoms with Crippen LogP contribution in [-0.2, 0) is 9.59 Å². The van der Waals surface area contributed by atoms with Crippen molar-refractivity contribution in [2.24, 2.45) is 35.5 Å². The molecule has 3 aromatic rings. The second kappa shape index (κ2) is 6.64. The van der Waals surface area contributed by atoms with Crippen molar-refractivity contribution in [2.75, 3.05) is 10.2 Å². The normalized spacial score (nSPS) is 31.0. The molecule has 2 saturated carbocycles. The average Bonchev–Trinajstić information content (AvgIpc) is 3.62. The number of imide groups is 1. The van der Waals surface area contributed by atoms with E-state index in [2.05, 4.69) is 17.5 Å². The minimum Gasteiger partial charge on any atom is -0.321 e. The Labute approximate surface area is 191 Å². The number of carbonyl (C=O) groups is 3. The molecule has 5 aliphatic rings. The molecule has 4 aliphatic carbocycles. The second-order valence-electron chi connectivity index (χ2n) is 9.70. The smallest absolute Gasteiger partial charge is 0.255 e. The molecule has 2 bridgehead atoms. The summed E-state index contributed by atoms with van der Waals surface area (Å²) >= 11 is 0. The zero-order valence-electron chi connectivity index (χ0n) is 17.8. The van der Waals surface area contributed by atoms with E-state index in [0.29, 0.717) is 23.1 Å².